The van der Waals surface area contributed by atoms with E-state index < -0.39 is 37.0 Å². The Labute approximate surface area is 129 Å². The van der Waals surface area contributed by atoms with Crippen LogP contribution < -0.4 is 10.6 Å². The third-order valence-electron chi connectivity index (χ3n) is 2.19. The first kappa shape index (κ1) is 19.6. The summed E-state index contributed by atoms with van der Waals surface area (Å²) < 4.78 is 9.21. The maximum absolute atomic E-state index is 11.2. The smallest absolute Gasteiger partial charge is 0.331 e. The fraction of sp³-hybridized carbons (Fsp3) is 0.571. The predicted molar refractivity (Wildman–Crippen MR) is 77.7 cm³/mol. The van der Waals surface area contributed by atoms with Crippen molar-refractivity contribution in [3.63, 3.8) is 0 Å². The average molecular weight is 314 g/mol. The summed E-state index contributed by atoms with van der Waals surface area (Å²) in [6, 6.07) is 0. The van der Waals surface area contributed by atoms with Crippen molar-refractivity contribution in [3.8, 4) is 0 Å². The number of hydrogen-bond donors (Lipinski definition) is 2. The van der Waals surface area contributed by atoms with Crippen molar-refractivity contribution in [3.05, 3.63) is 12.2 Å². The van der Waals surface area contributed by atoms with Crippen LogP contribution in [0.15, 0.2) is 12.2 Å². The fourth-order valence-corrected chi connectivity index (χ4v) is 1.14. The summed E-state index contributed by atoms with van der Waals surface area (Å²) in [5.74, 6) is -2.53. The molecule has 2 N–H and O–H groups in total. The number of esters is 2. The molecule has 0 aromatic heterocycles. The second kappa shape index (κ2) is 12.4. The Bertz CT molecular complexity index is 382. The minimum absolute atomic E-state index is 0.418. The van der Waals surface area contributed by atoms with Gasteiger partial charge in [-0.15, -0.1) is 0 Å². The Kier molecular flexibility index (Phi) is 11.0. The van der Waals surface area contributed by atoms with E-state index >= 15 is 0 Å². The molecule has 8 nitrogen and oxygen atoms in total. The first-order valence-corrected chi connectivity index (χ1v) is 7.04. The third-order valence-corrected chi connectivity index (χ3v) is 2.19. The summed E-state index contributed by atoms with van der Waals surface area (Å²) in [6.07, 6.45) is 3.22. The van der Waals surface area contributed by atoms with Crippen LogP contribution in [0.5, 0.6) is 0 Å². The zero-order chi connectivity index (χ0) is 16.8. The summed E-state index contributed by atoms with van der Waals surface area (Å²) >= 11 is 0. The molecule has 22 heavy (non-hydrogen) atoms. The van der Waals surface area contributed by atoms with Gasteiger partial charge in [0, 0.05) is 25.2 Å². The lowest BCUT2D eigenvalue weighted by molar-refractivity contribution is -0.145. The molecule has 0 aliphatic heterocycles. The molecule has 0 aromatic carbocycles. The molecule has 0 spiro atoms. The molecule has 0 unspecified atom stereocenters. The maximum Gasteiger partial charge on any atom is 0.331 e. The lowest BCUT2D eigenvalue weighted by atomic mass is 10.4. The van der Waals surface area contributed by atoms with Gasteiger partial charge in [0.25, 0.3) is 11.8 Å². The first-order valence-electron chi connectivity index (χ1n) is 7.04. The van der Waals surface area contributed by atoms with Crippen LogP contribution in [0.1, 0.15) is 26.7 Å². The molecule has 0 saturated heterocycles. The molecule has 0 fully saturated rings. The normalized spacial score (nSPS) is 10.1. The molecule has 0 heterocycles. The van der Waals surface area contributed by atoms with Crippen molar-refractivity contribution in [1.82, 2.24) is 10.6 Å². The second-order valence-electron chi connectivity index (χ2n) is 4.25. The first-order chi connectivity index (χ1) is 10.5. The van der Waals surface area contributed by atoms with Gasteiger partial charge >= 0.3 is 11.9 Å². The van der Waals surface area contributed by atoms with Crippen molar-refractivity contribution < 1.29 is 28.7 Å². The molecular weight excluding hydrogens is 292 g/mol. The molecule has 0 aromatic rings. The monoisotopic (exact) mass is 314 g/mol. The molecule has 8 heteroatoms. The van der Waals surface area contributed by atoms with Gasteiger partial charge in [0.05, 0.1) is 0 Å². The zero-order valence-corrected chi connectivity index (χ0v) is 12.8. The van der Waals surface area contributed by atoms with Crippen molar-refractivity contribution in [2.75, 3.05) is 26.3 Å². The molecule has 2 amide bonds. The highest BCUT2D eigenvalue weighted by molar-refractivity contribution is 5.93. The van der Waals surface area contributed by atoms with E-state index in [1.807, 2.05) is 13.8 Å². The van der Waals surface area contributed by atoms with Gasteiger partial charge in [-0.25, -0.2) is 9.59 Å². The molecule has 0 aliphatic carbocycles. The molecule has 124 valence electrons. The van der Waals surface area contributed by atoms with Crippen molar-refractivity contribution in [2.24, 2.45) is 0 Å². The highest BCUT2D eigenvalue weighted by Crippen LogP contribution is 1.87. The van der Waals surface area contributed by atoms with Crippen LogP contribution in [-0.2, 0) is 28.7 Å². The SMILES string of the molecule is CCCNC(=O)COC(=O)/C=C/C(=O)OCC(=O)NCCC. The van der Waals surface area contributed by atoms with Crippen molar-refractivity contribution >= 4 is 23.8 Å². The molecule has 0 rings (SSSR count). The van der Waals surface area contributed by atoms with E-state index in [0.717, 1.165) is 25.0 Å². The summed E-state index contributed by atoms with van der Waals surface area (Å²) in [5, 5.41) is 5.05. The number of carbonyl (C=O) groups excluding carboxylic acids is 4. The largest absolute Gasteiger partial charge is 0.452 e. The van der Waals surface area contributed by atoms with E-state index in [9.17, 15) is 19.2 Å². The average Bonchev–Trinajstić information content (AvgIpc) is 2.52. The molecule has 0 atom stereocenters. The standard InChI is InChI=1S/C14H22N2O6/c1-3-7-15-11(17)9-21-13(19)5-6-14(20)22-10-12(18)16-8-4-2/h5-6H,3-4,7-10H2,1-2H3,(H,15,17)(H,16,18)/b6-5+. The fourth-order valence-electron chi connectivity index (χ4n) is 1.14. The van der Waals surface area contributed by atoms with Crippen molar-refractivity contribution in [2.45, 2.75) is 26.7 Å². The zero-order valence-electron chi connectivity index (χ0n) is 12.8. The summed E-state index contributed by atoms with van der Waals surface area (Å²) in [6.45, 7) is 3.94. The van der Waals surface area contributed by atoms with E-state index in [1.165, 1.54) is 0 Å². The Morgan fingerprint density at radius 3 is 1.45 bits per heavy atom. The van der Waals surface area contributed by atoms with Crippen LogP contribution in [-0.4, -0.2) is 50.1 Å². The minimum Gasteiger partial charge on any atom is -0.452 e. The number of ether oxygens (including phenoxy) is 2. The molecule has 0 aliphatic rings. The maximum atomic E-state index is 11.2. The summed E-state index contributed by atoms with van der Waals surface area (Å²) in [7, 11) is 0. The minimum atomic E-state index is -0.848. The van der Waals surface area contributed by atoms with Gasteiger partial charge in [0.1, 0.15) is 0 Å². The number of carbonyl (C=O) groups is 4. The lowest BCUT2D eigenvalue weighted by Crippen LogP contribution is -2.29. The van der Waals surface area contributed by atoms with Crippen LogP contribution in [0.4, 0.5) is 0 Å². The van der Waals surface area contributed by atoms with Crippen LogP contribution in [0.25, 0.3) is 0 Å². The van der Waals surface area contributed by atoms with Gasteiger partial charge in [-0.3, -0.25) is 9.59 Å². The summed E-state index contributed by atoms with van der Waals surface area (Å²) in [4.78, 5) is 44.8. The Morgan fingerprint density at radius 2 is 1.14 bits per heavy atom. The number of hydrogen-bond acceptors (Lipinski definition) is 6. The van der Waals surface area contributed by atoms with E-state index in [0.29, 0.717) is 13.1 Å². The Balaban J connectivity index is 3.89. The predicted octanol–water partition coefficient (Wildman–Crippen LogP) is -0.319. The van der Waals surface area contributed by atoms with Gasteiger partial charge in [-0.1, -0.05) is 13.8 Å². The van der Waals surface area contributed by atoms with Gasteiger partial charge in [-0.2, -0.15) is 0 Å². The molecule has 0 bridgehead atoms. The van der Waals surface area contributed by atoms with Crippen LogP contribution >= 0.6 is 0 Å². The highest BCUT2D eigenvalue weighted by Gasteiger charge is 2.06. The topological polar surface area (TPSA) is 111 Å². The number of amides is 2. The van der Waals surface area contributed by atoms with E-state index in [2.05, 4.69) is 20.1 Å². The van der Waals surface area contributed by atoms with Crippen LogP contribution in [0, 0.1) is 0 Å². The van der Waals surface area contributed by atoms with Crippen LogP contribution in [0.2, 0.25) is 0 Å². The van der Waals surface area contributed by atoms with E-state index in [1.54, 1.807) is 0 Å². The number of nitrogens with one attached hydrogen (secondary N) is 2. The summed E-state index contributed by atoms with van der Waals surface area (Å²) in [5.41, 5.74) is 0. The van der Waals surface area contributed by atoms with E-state index in [4.69, 9.17) is 0 Å². The van der Waals surface area contributed by atoms with E-state index in [-0.39, 0.29) is 0 Å². The molecule has 0 saturated carbocycles. The van der Waals surface area contributed by atoms with Gasteiger partial charge in [-0.05, 0) is 12.8 Å². The molecule has 0 radical (unpaired) electrons. The van der Waals surface area contributed by atoms with Crippen molar-refractivity contribution in [1.29, 1.82) is 0 Å². The second-order valence-corrected chi connectivity index (χ2v) is 4.25. The quantitative estimate of drug-likeness (QED) is 0.422. The van der Waals surface area contributed by atoms with Gasteiger partial charge in [0.2, 0.25) is 0 Å². The van der Waals surface area contributed by atoms with Gasteiger partial charge in [0.15, 0.2) is 13.2 Å². The third kappa shape index (κ3) is 11.4. The Morgan fingerprint density at radius 1 is 0.773 bits per heavy atom. The molecular formula is C14H22N2O6. The van der Waals surface area contributed by atoms with Gasteiger partial charge < -0.3 is 20.1 Å². The lowest BCUT2D eigenvalue weighted by Gasteiger charge is -2.04. The van der Waals surface area contributed by atoms with Crippen LogP contribution in [0.3, 0.4) is 0 Å². The highest BCUT2D eigenvalue weighted by atomic mass is 16.5. The number of rotatable bonds is 10. The Hall–Kier alpha value is -2.38.